The van der Waals surface area contributed by atoms with Crippen LogP contribution in [0, 0.1) is 35.5 Å². The fourth-order valence-electron chi connectivity index (χ4n) is 7.63. The van der Waals surface area contributed by atoms with E-state index in [9.17, 15) is 33.9 Å². The summed E-state index contributed by atoms with van der Waals surface area (Å²) >= 11 is 0. The van der Waals surface area contributed by atoms with Gasteiger partial charge in [-0.25, -0.2) is 0 Å². The molecule has 0 fully saturated rings. The summed E-state index contributed by atoms with van der Waals surface area (Å²) in [4.78, 5) is 89.6. The maximum absolute atomic E-state index is 14.5. The molecule has 0 saturated heterocycles. The SMILES string of the molecule is CN[C@H](C(=O)N[C@H](C(=O)N(C)[C@H](C(=O)N(C)[C@H](C(=O)N(C)[C@H](C(=O)N(C)[C@H](C(=O)NCC(O)c1ccccc1)C(C)C)C(C)C)C(C)C)C(C)C)C(C)C)C(C)C. The summed E-state index contributed by atoms with van der Waals surface area (Å²) in [5, 5.41) is 19.3. The van der Waals surface area contributed by atoms with Gasteiger partial charge in [0.15, 0.2) is 0 Å². The first-order valence-electron chi connectivity index (χ1n) is 20.4. The Balaban J connectivity index is 3.40. The van der Waals surface area contributed by atoms with E-state index < -0.39 is 71.9 Å². The normalized spacial score (nSPS) is 15.5. The van der Waals surface area contributed by atoms with E-state index in [0.717, 1.165) is 0 Å². The van der Waals surface area contributed by atoms with Gasteiger partial charge in [-0.3, -0.25) is 28.8 Å². The van der Waals surface area contributed by atoms with Crippen LogP contribution in [0.5, 0.6) is 0 Å². The number of aliphatic hydroxyl groups excluding tert-OH is 1. The third-order valence-electron chi connectivity index (χ3n) is 10.8. The molecule has 1 aromatic carbocycles. The van der Waals surface area contributed by atoms with Crippen LogP contribution in [0.4, 0.5) is 0 Å². The highest BCUT2D eigenvalue weighted by Gasteiger charge is 2.44. The molecule has 324 valence electrons. The van der Waals surface area contributed by atoms with Crippen LogP contribution in [-0.4, -0.2) is 138 Å². The molecule has 0 saturated carbocycles. The lowest BCUT2D eigenvalue weighted by Crippen LogP contribution is -2.63. The van der Waals surface area contributed by atoms with Crippen molar-refractivity contribution < 1.29 is 33.9 Å². The van der Waals surface area contributed by atoms with Crippen LogP contribution in [0.25, 0.3) is 0 Å². The van der Waals surface area contributed by atoms with Gasteiger partial charge in [-0.05, 0) is 48.1 Å². The lowest BCUT2D eigenvalue weighted by atomic mass is 9.93. The Labute approximate surface area is 342 Å². The van der Waals surface area contributed by atoms with Crippen molar-refractivity contribution in [2.24, 2.45) is 35.5 Å². The van der Waals surface area contributed by atoms with Gasteiger partial charge in [-0.1, -0.05) is 113 Å². The molecule has 14 heteroatoms. The molecule has 1 aromatic rings. The molecule has 57 heavy (non-hydrogen) atoms. The molecule has 1 unspecified atom stereocenters. The summed E-state index contributed by atoms with van der Waals surface area (Å²) in [6, 6.07) is 3.70. The molecule has 14 nitrogen and oxygen atoms in total. The average molecular weight is 802 g/mol. The molecule has 0 aromatic heterocycles. The molecule has 6 amide bonds. The van der Waals surface area contributed by atoms with Crippen molar-refractivity contribution in [3.8, 4) is 0 Å². The smallest absolute Gasteiger partial charge is 0.246 e. The van der Waals surface area contributed by atoms with Gasteiger partial charge in [0.05, 0.1) is 12.1 Å². The molecule has 1 rings (SSSR count). The molecule has 0 aliphatic heterocycles. The van der Waals surface area contributed by atoms with E-state index in [2.05, 4.69) is 16.0 Å². The summed E-state index contributed by atoms with van der Waals surface area (Å²) in [6.45, 7) is 22.0. The van der Waals surface area contributed by atoms with Crippen LogP contribution in [0.3, 0.4) is 0 Å². The van der Waals surface area contributed by atoms with Crippen LogP contribution in [0.15, 0.2) is 30.3 Å². The Morgan fingerprint density at radius 1 is 0.509 bits per heavy atom. The average Bonchev–Trinajstić information content (AvgIpc) is 3.12. The zero-order valence-corrected chi connectivity index (χ0v) is 37.8. The predicted octanol–water partition coefficient (Wildman–Crippen LogP) is 3.15. The van der Waals surface area contributed by atoms with Crippen molar-refractivity contribution >= 4 is 35.4 Å². The molecular formula is C43H75N7O7. The van der Waals surface area contributed by atoms with Crippen LogP contribution >= 0.6 is 0 Å². The second-order valence-electron chi connectivity index (χ2n) is 17.5. The molecule has 0 radical (unpaired) electrons. The van der Waals surface area contributed by atoms with Crippen LogP contribution in [0.1, 0.15) is 94.8 Å². The fourth-order valence-corrected chi connectivity index (χ4v) is 7.63. The van der Waals surface area contributed by atoms with Crippen molar-refractivity contribution in [1.29, 1.82) is 0 Å². The van der Waals surface area contributed by atoms with Crippen molar-refractivity contribution in [2.75, 3.05) is 41.8 Å². The third kappa shape index (κ3) is 13.2. The maximum atomic E-state index is 14.5. The van der Waals surface area contributed by atoms with E-state index in [1.165, 1.54) is 40.7 Å². The van der Waals surface area contributed by atoms with E-state index >= 15 is 0 Å². The summed E-state index contributed by atoms with van der Waals surface area (Å²) in [5.41, 5.74) is 0.651. The third-order valence-corrected chi connectivity index (χ3v) is 10.8. The lowest BCUT2D eigenvalue weighted by molar-refractivity contribution is -0.157. The van der Waals surface area contributed by atoms with Gasteiger partial charge < -0.3 is 40.7 Å². The van der Waals surface area contributed by atoms with Gasteiger partial charge in [-0.15, -0.1) is 0 Å². The van der Waals surface area contributed by atoms with Crippen molar-refractivity contribution in [2.45, 2.75) is 125 Å². The first kappa shape index (κ1) is 51.0. The van der Waals surface area contributed by atoms with Gasteiger partial charge in [0, 0.05) is 34.7 Å². The minimum absolute atomic E-state index is 0.0230. The first-order chi connectivity index (χ1) is 26.3. The van der Waals surface area contributed by atoms with Gasteiger partial charge in [0.2, 0.25) is 35.4 Å². The Bertz CT molecular complexity index is 1480. The zero-order valence-electron chi connectivity index (χ0n) is 37.8. The van der Waals surface area contributed by atoms with E-state index in [1.54, 1.807) is 38.4 Å². The number of aliphatic hydroxyl groups is 1. The number of likely N-dealkylation sites (N-methyl/N-ethyl adjacent to an activating group) is 5. The van der Waals surface area contributed by atoms with Crippen molar-refractivity contribution in [1.82, 2.24) is 35.6 Å². The number of nitrogens with one attached hydrogen (secondary N) is 3. The van der Waals surface area contributed by atoms with Crippen LogP contribution < -0.4 is 16.0 Å². The summed E-state index contributed by atoms with van der Waals surface area (Å²) < 4.78 is 0. The number of nitrogens with zero attached hydrogens (tertiary/aromatic N) is 4. The second-order valence-corrected chi connectivity index (χ2v) is 17.5. The monoisotopic (exact) mass is 802 g/mol. The minimum atomic E-state index is -1.00. The summed E-state index contributed by atoms with van der Waals surface area (Å²) in [6.07, 6.45) is -0.935. The van der Waals surface area contributed by atoms with Crippen molar-refractivity contribution in [3.63, 3.8) is 0 Å². The number of carbonyl (C=O) groups excluding carboxylic acids is 6. The number of carbonyl (C=O) groups is 6. The Morgan fingerprint density at radius 3 is 1.19 bits per heavy atom. The van der Waals surface area contributed by atoms with Gasteiger partial charge >= 0.3 is 0 Å². The van der Waals surface area contributed by atoms with Crippen LogP contribution in [0.2, 0.25) is 0 Å². The van der Waals surface area contributed by atoms with Crippen LogP contribution in [-0.2, 0) is 28.8 Å². The molecule has 4 N–H and O–H groups in total. The Morgan fingerprint density at radius 2 is 0.860 bits per heavy atom. The standard InChI is InChI=1S/C43H75N7O7/c1-24(2)32(44-13)38(52)46-33(25(3)4)40(54)48(15)35(27(7)8)42(56)50(17)37(29(11)12)43(57)49(16)36(28(9)10)41(55)47(14)34(26(5)6)39(53)45-23-31(51)30-21-19-18-20-22-30/h18-22,24-29,31-37,44,51H,23H2,1-17H3,(H,45,53)(H,46,52)/t31?,32-,33-,34-,35-,36-,37-/m0/s1. The van der Waals surface area contributed by atoms with E-state index in [0.29, 0.717) is 5.56 Å². The minimum Gasteiger partial charge on any atom is -0.387 e. The summed E-state index contributed by atoms with van der Waals surface area (Å²) in [7, 11) is 7.85. The number of hydrogen-bond acceptors (Lipinski definition) is 8. The first-order valence-corrected chi connectivity index (χ1v) is 20.4. The highest BCUT2D eigenvalue weighted by atomic mass is 16.3. The lowest BCUT2D eigenvalue weighted by Gasteiger charge is -2.42. The molecule has 0 aliphatic carbocycles. The van der Waals surface area contributed by atoms with E-state index in [-0.39, 0.29) is 48.0 Å². The molecule has 0 aliphatic rings. The molecular weight excluding hydrogens is 727 g/mol. The Kier molecular flexibility index (Phi) is 20.4. The van der Waals surface area contributed by atoms with Crippen molar-refractivity contribution in [3.05, 3.63) is 35.9 Å². The maximum Gasteiger partial charge on any atom is 0.246 e. The quantitative estimate of drug-likeness (QED) is 0.147. The highest BCUT2D eigenvalue weighted by molar-refractivity contribution is 5.97. The number of amides is 6. The van der Waals surface area contributed by atoms with Gasteiger partial charge in [0.1, 0.15) is 30.2 Å². The highest BCUT2D eigenvalue weighted by Crippen LogP contribution is 2.24. The zero-order chi connectivity index (χ0) is 44.2. The molecule has 0 bridgehead atoms. The molecule has 0 heterocycles. The Hall–Kier alpha value is -4.04. The number of rotatable bonds is 21. The fraction of sp³-hybridized carbons (Fsp3) is 0.721. The second kappa shape index (κ2) is 22.8. The van der Waals surface area contributed by atoms with Gasteiger partial charge in [-0.2, -0.15) is 0 Å². The predicted molar refractivity (Wildman–Crippen MR) is 224 cm³/mol. The van der Waals surface area contributed by atoms with E-state index in [4.69, 9.17) is 0 Å². The largest absolute Gasteiger partial charge is 0.387 e. The molecule has 0 spiro atoms. The van der Waals surface area contributed by atoms with E-state index in [1.807, 2.05) is 89.2 Å². The summed E-state index contributed by atoms with van der Waals surface area (Å²) in [5.74, 6) is -4.24. The molecule has 7 atom stereocenters. The number of hydrogen-bond donors (Lipinski definition) is 4. The topological polar surface area (TPSA) is 172 Å². The van der Waals surface area contributed by atoms with Gasteiger partial charge in [0.25, 0.3) is 0 Å². The number of benzene rings is 1.